The molecule has 0 saturated heterocycles. The first-order valence-corrected chi connectivity index (χ1v) is 7.00. The number of benzene rings is 1. The number of nitrogen functional groups attached to an aromatic ring is 1. The molecule has 3 nitrogen and oxygen atoms in total. The Morgan fingerprint density at radius 2 is 2.17 bits per heavy atom. The van der Waals surface area contributed by atoms with Gasteiger partial charge in [0, 0.05) is 11.3 Å². The van der Waals surface area contributed by atoms with Gasteiger partial charge in [0.15, 0.2) is 5.13 Å². The van der Waals surface area contributed by atoms with Crippen molar-refractivity contribution in [3.63, 3.8) is 0 Å². The predicted octanol–water partition coefficient (Wildman–Crippen LogP) is 3.28. The van der Waals surface area contributed by atoms with Crippen LogP contribution < -0.4 is 10.5 Å². The van der Waals surface area contributed by atoms with E-state index in [2.05, 4.69) is 24.0 Å². The number of aryl methyl sites for hydroxylation is 1. The van der Waals surface area contributed by atoms with Crippen LogP contribution in [-0.4, -0.2) is 11.6 Å². The Balaban J connectivity index is 2.19. The van der Waals surface area contributed by atoms with Gasteiger partial charge in [-0.1, -0.05) is 19.1 Å². The Labute approximate surface area is 112 Å². The lowest BCUT2D eigenvalue weighted by Crippen LogP contribution is -1.94. The van der Waals surface area contributed by atoms with Crippen molar-refractivity contribution in [2.45, 2.75) is 26.7 Å². The average molecular weight is 262 g/mol. The zero-order valence-electron chi connectivity index (χ0n) is 10.8. The minimum Gasteiger partial charge on any atom is -0.494 e. The minimum absolute atomic E-state index is 0.655. The summed E-state index contributed by atoms with van der Waals surface area (Å²) in [6.45, 7) is 4.79. The average Bonchev–Trinajstić information content (AvgIpc) is 2.70. The minimum atomic E-state index is 0.655. The highest BCUT2D eigenvalue weighted by Crippen LogP contribution is 2.25. The zero-order chi connectivity index (χ0) is 13.0. The fourth-order valence-corrected chi connectivity index (χ4v) is 2.87. The van der Waals surface area contributed by atoms with Crippen molar-refractivity contribution in [2.24, 2.45) is 0 Å². The summed E-state index contributed by atoms with van der Waals surface area (Å²) in [5, 5.41) is 0.655. The van der Waals surface area contributed by atoms with Crippen molar-refractivity contribution < 1.29 is 4.74 Å². The molecule has 0 fully saturated rings. The van der Waals surface area contributed by atoms with Crippen LogP contribution in [0.1, 0.15) is 30.0 Å². The molecule has 0 bridgehead atoms. The van der Waals surface area contributed by atoms with Gasteiger partial charge in [-0.25, -0.2) is 4.98 Å². The summed E-state index contributed by atoms with van der Waals surface area (Å²) in [6, 6.07) is 8.20. The highest BCUT2D eigenvalue weighted by atomic mass is 32.1. The number of aromatic nitrogens is 1. The lowest BCUT2D eigenvalue weighted by Gasteiger charge is -2.05. The number of ether oxygens (including phenoxy) is 1. The van der Waals surface area contributed by atoms with E-state index in [1.54, 1.807) is 11.3 Å². The Morgan fingerprint density at radius 1 is 1.33 bits per heavy atom. The second-order valence-corrected chi connectivity index (χ2v) is 5.15. The normalized spacial score (nSPS) is 10.6. The number of anilines is 1. The van der Waals surface area contributed by atoms with E-state index in [9.17, 15) is 0 Å². The molecule has 18 heavy (non-hydrogen) atoms. The van der Waals surface area contributed by atoms with Gasteiger partial charge in [0.25, 0.3) is 0 Å². The van der Waals surface area contributed by atoms with E-state index in [1.165, 1.54) is 10.4 Å². The van der Waals surface area contributed by atoms with Crippen LogP contribution in [0.2, 0.25) is 0 Å². The van der Waals surface area contributed by atoms with Crippen LogP contribution in [0.15, 0.2) is 24.3 Å². The van der Waals surface area contributed by atoms with Gasteiger partial charge in [-0.05, 0) is 31.0 Å². The standard InChI is InChI=1S/C14H18N2OS/c1-3-12-13(18-14(15)16-12)9-10-6-5-7-11(8-10)17-4-2/h5-8H,3-4,9H2,1-2H3,(H2,15,16). The maximum Gasteiger partial charge on any atom is 0.180 e. The molecule has 2 rings (SSSR count). The number of rotatable bonds is 5. The first-order valence-electron chi connectivity index (χ1n) is 6.18. The van der Waals surface area contributed by atoms with Gasteiger partial charge in [-0.2, -0.15) is 0 Å². The van der Waals surface area contributed by atoms with Crippen molar-refractivity contribution in [3.05, 3.63) is 40.4 Å². The predicted molar refractivity (Wildman–Crippen MR) is 76.3 cm³/mol. The summed E-state index contributed by atoms with van der Waals surface area (Å²) < 4.78 is 5.51. The Kier molecular flexibility index (Phi) is 4.20. The molecule has 0 aliphatic rings. The van der Waals surface area contributed by atoms with Gasteiger partial charge in [-0.15, -0.1) is 11.3 Å². The van der Waals surface area contributed by atoms with Crippen LogP contribution in [-0.2, 0) is 12.8 Å². The molecular formula is C14H18N2OS. The lowest BCUT2D eigenvalue weighted by molar-refractivity contribution is 0.340. The first-order chi connectivity index (χ1) is 8.72. The van der Waals surface area contributed by atoms with Crippen LogP contribution in [0.3, 0.4) is 0 Å². The molecule has 0 spiro atoms. The molecule has 96 valence electrons. The fourth-order valence-electron chi connectivity index (χ4n) is 1.91. The van der Waals surface area contributed by atoms with Crippen molar-refractivity contribution in [3.8, 4) is 5.75 Å². The third-order valence-corrected chi connectivity index (χ3v) is 3.63. The molecule has 1 aromatic heterocycles. The monoisotopic (exact) mass is 262 g/mol. The summed E-state index contributed by atoms with van der Waals surface area (Å²) in [5.74, 6) is 0.922. The van der Waals surface area contributed by atoms with Crippen molar-refractivity contribution in [1.29, 1.82) is 0 Å². The lowest BCUT2D eigenvalue weighted by atomic mass is 10.1. The van der Waals surface area contributed by atoms with Gasteiger partial charge in [0.05, 0.1) is 12.3 Å². The Morgan fingerprint density at radius 3 is 2.89 bits per heavy atom. The first kappa shape index (κ1) is 12.9. The summed E-state index contributed by atoms with van der Waals surface area (Å²) in [4.78, 5) is 5.60. The third kappa shape index (κ3) is 3.01. The highest BCUT2D eigenvalue weighted by molar-refractivity contribution is 7.15. The third-order valence-electron chi connectivity index (χ3n) is 2.70. The fraction of sp³-hybridized carbons (Fsp3) is 0.357. The molecule has 2 aromatic rings. The second-order valence-electron chi connectivity index (χ2n) is 4.03. The van der Waals surface area contributed by atoms with Crippen molar-refractivity contribution >= 4 is 16.5 Å². The molecule has 0 saturated carbocycles. The molecule has 2 N–H and O–H groups in total. The second kappa shape index (κ2) is 5.87. The van der Waals surface area contributed by atoms with Crippen molar-refractivity contribution in [2.75, 3.05) is 12.3 Å². The van der Waals surface area contributed by atoms with Gasteiger partial charge in [-0.3, -0.25) is 0 Å². The van der Waals surface area contributed by atoms with E-state index in [-0.39, 0.29) is 0 Å². The molecule has 0 atom stereocenters. The zero-order valence-corrected chi connectivity index (χ0v) is 11.6. The maximum atomic E-state index is 5.77. The molecule has 1 heterocycles. The van der Waals surface area contributed by atoms with E-state index in [1.807, 2.05) is 19.1 Å². The number of nitrogens with two attached hydrogens (primary N) is 1. The number of nitrogens with zero attached hydrogens (tertiary/aromatic N) is 1. The number of hydrogen-bond acceptors (Lipinski definition) is 4. The molecule has 0 unspecified atom stereocenters. The molecular weight excluding hydrogens is 244 g/mol. The van der Waals surface area contributed by atoms with Gasteiger partial charge in [0.2, 0.25) is 0 Å². The molecule has 0 amide bonds. The van der Waals surface area contributed by atoms with Crippen LogP contribution in [0, 0.1) is 0 Å². The quantitative estimate of drug-likeness (QED) is 0.899. The molecule has 0 aliphatic heterocycles. The summed E-state index contributed by atoms with van der Waals surface area (Å²) >= 11 is 1.58. The maximum absolute atomic E-state index is 5.77. The summed E-state index contributed by atoms with van der Waals surface area (Å²) in [5.41, 5.74) is 8.11. The smallest absolute Gasteiger partial charge is 0.180 e. The topological polar surface area (TPSA) is 48.1 Å². The molecule has 0 aliphatic carbocycles. The largest absolute Gasteiger partial charge is 0.494 e. The summed E-state index contributed by atoms with van der Waals surface area (Å²) in [7, 11) is 0. The van der Waals surface area contributed by atoms with Crippen LogP contribution in [0.4, 0.5) is 5.13 Å². The molecule has 4 heteroatoms. The highest BCUT2D eigenvalue weighted by Gasteiger charge is 2.09. The van der Waals surface area contributed by atoms with E-state index in [4.69, 9.17) is 10.5 Å². The van der Waals surface area contributed by atoms with E-state index in [0.29, 0.717) is 11.7 Å². The van der Waals surface area contributed by atoms with E-state index < -0.39 is 0 Å². The van der Waals surface area contributed by atoms with Gasteiger partial charge in [0.1, 0.15) is 5.75 Å². The number of hydrogen-bond donors (Lipinski definition) is 1. The van der Waals surface area contributed by atoms with Crippen LogP contribution >= 0.6 is 11.3 Å². The van der Waals surface area contributed by atoms with Crippen LogP contribution in [0.5, 0.6) is 5.75 Å². The molecule has 0 radical (unpaired) electrons. The Bertz CT molecular complexity index is 522. The van der Waals surface area contributed by atoms with Gasteiger partial charge < -0.3 is 10.5 Å². The van der Waals surface area contributed by atoms with E-state index >= 15 is 0 Å². The van der Waals surface area contributed by atoms with Crippen LogP contribution in [0.25, 0.3) is 0 Å². The SMILES string of the molecule is CCOc1cccc(Cc2sc(N)nc2CC)c1. The molecule has 1 aromatic carbocycles. The summed E-state index contributed by atoms with van der Waals surface area (Å²) in [6.07, 6.45) is 1.80. The van der Waals surface area contributed by atoms with E-state index in [0.717, 1.165) is 24.3 Å². The number of thiazole rings is 1. The van der Waals surface area contributed by atoms with Gasteiger partial charge >= 0.3 is 0 Å². The van der Waals surface area contributed by atoms with Crippen molar-refractivity contribution in [1.82, 2.24) is 4.98 Å². The Hall–Kier alpha value is -1.55.